The molecule has 79 heavy (non-hydrogen) atoms. The number of hydrogen-bond donors (Lipinski definition) is 0. The Labute approximate surface area is 462 Å². The molecule has 2 aliphatic carbocycles. The predicted octanol–water partition coefficient (Wildman–Crippen LogP) is 20.0. The first-order valence-corrected chi connectivity index (χ1v) is 27.5. The third-order valence-electron chi connectivity index (χ3n) is 17.0. The van der Waals surface area contributed by atoms with Crippen LogP contribution in [0.3, 0.4) is 0 Å². The second-order valence-corrected chi connectivity index (χ2v) is 21.1. The SMILES string of the molecule is c1ccc(C2(c3ccccc3)c3ccccc3-c3ccc(-c4ccc(N(c5ccc(-c6cccc(-c7ccc8ccccc8c7)c6)cc5)c5cccc6c5-c5ccccc5C6(c5ccccc5)c5ccccc5)cc4)cc32)cc1. The van der Waals surface area contributed by atoms with Crippen LogP contribution in [0.25, 0.3) is 66.4 Å². The maximum atomic E-state index is 2.48. The van der Waals surface area contributed by atoms with Gasteiger partial charge in [0, 0.05) is 16.9 Å². The fraction of sp³-hybridized carbons (Fsp3) is 0.0256. The molecule has 2 aliphatic rings. The van der Waals surface area contributed by atoms with Crippen LogP contribution in [0, 0.1) is 0 Å². The number of fused-ring (bicyclic) bond motifs is 7. The highest BCUT2D eigenvalue weighted by atomic mass is 15.1. The molecule has 1 nitrogen and oxygen atoms in total. The topological polar surface area (TPSA) is 3.24 Å². The Hall–Kier alpha value is -10.1. The molecule has 370 valence electrons. The Bertz CT molecular complexity index is 4310. The molecule has 0 amide bonds. The highest BCUT2D eigenvalue weighted by molar-refractivity contribution is 5.98. The summed E-state index contributed by atoms with van der Waals surface area (Å²) in [6.07, 6.45) is 0. The predicted molar refractivity (Wildman–Crippen MR) is 330 cm³/mol. The first kappa shape index (κ1) is 46.2. The van der Waals surface area contributed by atoms with Gasteiger partial charge in [0.2, 0.25) is 0 Å². The minimum Gasteiger partial charge on any atom is -0.310 e. The molecule has 0 atom stereocenters. The summed E-state index contributed by atoms with van der Waals surface area (Å²) in [5, 5.41) is 2.49. The second-order valence-electron chi connectivity index (χ2n) is 21.1. The molecule has 1 heteroatoms. The van der Waals surface area contributed by atoms with E-state index >= 15 is 0 Å². The van der Waals surface area contributed by atoms with Crippen molar-refractivity contribution < 1.29 is 0 Å². The molecule has 0 aromatic heterocycles. The normalized spacial score (nSPS) is 13.3. The van der Waals surface area contributed by atoms with Gasteiger partial charge in [-0.15, -0.1) is 0 Å². The number of nitrogens with zero attached hydrogens (tertiary/aromatic N) is 1. The largest absolute Gasteiger partial charge is 0.310 e. The van der Waals surface area contributed by atoms with Gasteiger partial charge in [-0.2, -0.15) is 0 Å². The van der Waals surface area contributed by atoms with Crippen molar-refractivity contribution in [1.29, 1.82) is 0 Å². The van der Waals surface area contributed by atoms with Crippen LogP contribution in [0.1, 0.15) is 44.5 Å². The molecule has 0 spiro atoms. The van der Waals surface area contributed by atoms with Crippen molar-refractivity contribution in [3.05, 3.63) is 366 Å². The molecular weight excluding hydrogens is 951 g/mol. The third kappa shape index (κ3) is 7.31. The molecule has 0 saturated carbocycles. The lowest BCUT2D eigenvalue weighted by molar-refractivity contribution is 0.768. The van der Waals surface area contributed by atoms with Crippen molar-refractivity contribution in [2.45, 2.75) is 10.8 Å². The summed E-state index contributed by atoms with van der Waals surface area (Å²) >= 11 is 0. The van der Waals surface area contributed by atoms with Crippen molar-refractivity contribution in [1.82, 2.24) is 0 Å². The van der Waals surface area contributed by atoms with E-state index in [0.29, 0.717) is 0 Å². The summed E-state index contributed by atoms with van der Waals surface area (Å²) in [6.45, 7) is 0. The van der Waals surface area contributed by atoms with Gasteiger partial charge in [-0.1, -0.05) is 273 Å². The van der Waals surface area contributed by atoms with Crippen LogP contribution >= 0.6 is 0 Å². The van der Waals surface area contributed by atoms with E-state index in [4.69, 9.17) is 0 Å². The molecule has 0 fully saturated rings. The molecule has 15 rings (SSSR count). The smallest absolute Gasteiger partial charge is 0.0714 e. The summed E-state index contributed by atoms with van der Waals surface area (Å²) < 4.78 is 0. The quantitative estimate of drug-likeness (QED) is 0.132. The van der Waals surface area contributed by atoms with Gasteiger partial charge in [0.1, 0.15) is 0 Å². The van der Waals surface area contributed by atoms with E-state index in [-0.39, 0.29) is 0 Å². The standard InChI is InChI=1S/C78H53N/c1-5-25-62(26-6-1)77(63-27-7-2-8-28-63)72-36-18-16-34-70(72)76-73(77)37-20-38-75(76)79(66-46-41-55(42-47-66)58-23-19-24-59(51-58)60-40-39-54-21-13-14-22-57(54)52-60)67-48-43-56(44-49-67)61-45-50-69-68-33-15-17-35-71(68)78(74(69)53-61,64-29-9-3-10-30-64)65-31-11-4-12-32-65/h1-53H. The van der Waals surface area contributed by atoms with Crippen LogP contribution in [-0.4, -0.2) is 0 Å². The van der Waals surface area contributed by atoms with Crippen molar-refractivity contribution in [2.75, 3.05) is 4.90 Å². The van der Waals surface area contributed by atoms with Gasteiger partial charge in [-0.25, -0.2) is 0 Å². The molecule has 13 aromatic carbocycles. The molecule has 0 radical (unpaired) electrons. The first-order chi connectivity index (χ1) is 39.2. The van der Waals surface area contributed by atoms with Crippen molar-refractivity contribution in [3.8, 4) is 55.6 Å². The molecule has 0 heterocycles. The van der Waals surface area contributed by atoms with Crippen LogP contribution in [0.2, 0.25) is 0 Å². The number of anilines is 3. The van der Waals surface area contributed by atoms with Crippen molar-refractivity contribution in [2.24, 2.45) is 0 Å². The lowest BCUT2D eigenvalue weighted by atomic mass is 9.67. The summed E-state index contributed by atoms with van der Waals surface area (Å²) in [6, 6.07) is 119. The van der Waals surface area contributed by atoms with Crippen molar-refractivity contribution in [3.63, 3.8) is 0 Å². The van der Waals surface area contributed by atoms with Crippen LogP contribution in [0.15, 0.2) is 322 Å². The van der Waals surface area contributed by atoms with Crippen molar-refractivity contribution >= 4 is 27.8 Å². The highest BCUT2D eigenvalue weighted by Gasteiger charge is 2.48. The molecule has 0 unspecified atom stereocenters. The van der Waals surface area contributed by atoms with E-state index in [1.54, 1.807) is 0 Å². The monoisotopic (exact) mass is 1000 g/mol. The van der Waals surface area contributed by atoms with Crippen LogP contribution in [0.4, 0.5) is 17.1 Å². The Kier molecular flexibility index (Phi) is 11.1. The molecule has 13 aromatic rings. The zero-order valence-electron chi connectivity index (χ0n) is 43.5. The van der Waals surface area contributed by atoms with E-state index in [1.807, 2.05) is 0 Å². The van der Waals surface area contributed by atoms with Gasteiger partial charge < -0.3 is 4.90 Å². The summed E-state index contributed by atoms with van der Waals surface area (Å²) in [4.78, 5) is 2.48. The zero-order valence-corrected chi connectivity index (χ0v) is 43.5. The van der Waals surface area contributed by atoms with E-state index in [2.05, 4.69) is 326 Å². The zero-order chi connectivity index (χ0) is 52.3. The van der Waals surface area contributed by atoms with Gasteiger partial charge in [0.25, 0.3) is 0 Å². The van der Waals surface area contributed by atoms with Crippen LogP contribution < -0.4 is 4.90 Å². The minimum absolute atomic E-state index is 0.482. The molecule has 0 N–H and O–H groups in total. The first-order valence-electron chi connectivity index (χ1n) is 27.5. The Morgan fingerprint density at radius 2 is 0.608 bits per heavy atom. The fourth-order valence-corrected chi connectivity index (χ4v) is 13.6. The Morgan fingerprint density at radius 3 is 1.19 bits per heavy atom. The highest BCUT2D eigenvalue weighted by Crippen LogP contribution is 2.60. The average molecular weight is 1000 g/mol. The van der Waals surface area contributed by atoms with E-state index in [9.17, 15) is 0 Å². The summed E-state index contributed by atoms with van der Waals surface area (Å²) in [7, 11) is 0. The minimum atomic E-state index is -0.540. The second kappa shape index (κ2) is 18.9. The van der Waals surface area contributed by atoms with Crippen LogP contribution in [0.5, 0.6) is 0 Å². The number of benzene rings is 13. The molecule has 0 saturated heterocycles. The van der Waals surface area contributed by atoms with Gasteiger partial charge in [0.05, 0.1) is 16.5 Å². The third-order valence-corrected chi connectivity index (χ3v) is 17.0. The maximum Gasteiger partial charge on any atom is 0.0714 e. The number of rotatable bonds is 10. The molecular formula is C78H53N. The fourth-order valence-electron chi connectivity index (χ4n) is 13.6. The van der Waals surface area contributed by atoms with E-state index in [1.165, 1.54) is 105 Å². The van der Waals surface area contributed by atoms with E-state index < -0.39 is 10.8 Å². The number of hydrogen-bond acceptors (Lipinski definition) is 1. The Morgan fingerprint density at radius 1 is 0.215 bits per heavy atom. The molecule has 0 aliphatic heterocycles. The maximum absolute atomic E-state index is 2.48. The summed E-state index contributed by atoms with van der Waals surface area (Å²) in [5.41, 5.74) is 24.6. The van der Waals surface area contributed by atoms with Crippen LogP contribution in [-0.2, 0) is 10.8 Å². The average Bonchev–Trinajstić information content (AvgIpc) is 4.05. The lowest BCUT2D eigenvalue weighted by Gasteiger charge is -2.34. The van der Waals surface area contributed by atoms with Gasteiger partial charge in [-0.05, 0) is 154 Å². The van der Waals surface area contributed by atoms with Gasteiger partial charge >= 0.3 is 0 Å². The Balaban J connectivity index is 0.889. The van der Waals surface area contributed by atoms with E-state index in [0.717, 1.165) is 22.6 Å². The van der Waals surface area contributed by atoms with Gasteiger partial charge in [-0.3, -0.25) is 0 Å². The molecule has 0 bridgehead atoms. The summed E-state index contributed by atoms with van der Waals surface area (Å²) in [5.74, 6) is 0. The van der Waals surface area contributed by atoms with Gasteiger partial charge in [0.15, 0.2) is 0 Å². The lowest BCUT2D eigenvalue weighted by Crippen LogP contribution is -2.28.